The maximum atomic E-state index is 14.0. The van der Waals surface area contributed by atoms with Crippen LogP contribution in [0.1, 0.15) is 51.0 Å². The lowest BCUT2D eigenvalue weighted by molar-refractivity contribution is -0.183. The zero-order valence-corrected chi connectivity index (χ0v) is 14.8. The van der Waals surface area contributed by atoms with E-state index < -0.39 is 41.7 Å². The molecule has 152 valence electrons. The summed E-state index contributed by atoms with van der Waals surface area (Å²) in [6.07, 6.45) is -5.17. The lowest BCUT2D eigenvalue weighted by Gasteiger charge is -2.27. The highest BCUT2D eigenvalue weighted by molar-refractivity contribution is 5.53. The zero-order chi connectivity index (χ0) is 20.2. The number of rotatable bonds is 6. The fourth-order valence-electron chi connectivity index (χ4n) is 3.17. The molecule has 1 aromatic carbocycles. The molecular weight excluding hydrogens is 377 g/mol. The monoisotopic (exact) mass is 398 g/mol. The van der Waals surface area contributed by atoms with Crippen molar-refractivity contribution in [3.8, 4) is 5.75 Å². The van der Waals surface area contributed by atoms with Crippen LogP contribution >= 0.6 is 0 Å². The van der Waals surface area contributed by atoms with Gasteiger partial charge in [-0.3, -0.25) is 0 Å². The van der Waals surface area contributed by atoms with Crippen molar-refractivity contribution in [2.45, 2.75) is 57.7 Å². The highest BCUT2D eigenvalue weighted by atomic mass is 19.4. The molecule has 0 heterocycles. The van der Waals surface area contributed by atoms with Crippen LogP contribution in [0.3, 0.4) is 0 Å². The molecule has 1 nitrogen and oxygen atoms in total. The number of hydrogen-bond acceptors (Lipinski definition) is 1. The average molecular weight is 398 g/mol. The van der Waals surface area contributed by atoms with Gasteiger partial charge in [0.2, 0.25) is 0 Å². The first kappa shape index (κ1) is 21.6. The van der Waals surface area contributed by atoms with Gasteiger partial charge < -0.3 is 4.74 Å². The second-order valence-electron chi connectivity index (χ2n) is 7.08. The molecular formula is C19H21F7O. The summed E-state index contributed by atoms with van der Waals surface area (Å²) in [7, 11) is 0. The fraction of sp³-hybridized carbons (Fsp3) is 0.579. The first-order valence-electron chi connectivity index (χ1n) is 8.77. The predicted molar refractivity (Wildman–Crippen MR) is 87.4 cm³/mol. The fourth-order valence-corrected chi connectivity index (χ4v) is 3.17. The Balaban J connectivity index is 2.00. The number of hydrogen-bond donors (Lipinski definition) is 0. The maximum absolute atomic E-state index is 14.0. The first-order chi connectivity index (χ1) is 12.5. The Labute approximate surface area is 153 Å². The summed E-state index contributed by atoms with van der Waals surface area (Å²) in [6, 6.07) is 0.907. The van der Waals surface area contributed by atoms with Crippen LogP contribution in [0.4, 0.5) is 30.7 Å². The van der Waals surface area contributed by atoms with E-state index in [9.17, 15) is 30.7 Å². The minimum absolute atomic E-state index is 0.166. The van der Waals surface area contributed by atoms with Gasteiger partial charge in [-0.2, -0.15) is 22.0 Å². The van der Waals surface area contributed by atoms with Gasteiger partial charge >= 0.3 is 12.3 Å². The third kappa shape index (κ3) is 7.07. The summed E-state index contributed by atoms with van der Waals surface area (Å²) in [5, 5.41) is 0. The number of halogens is 7. The SMILES string of the molecule is CC1CCC(CCC(F)(F)Oc2cc(F)c(/C=C/C(F)(F)F)c(F)c2)CC1. The smallest absolute Gasteiger partial charge is 0.409 e. The molecule has 0 aromatic heterocycles. The molecule has 27 heavy (non-hydrogen) atoms. The predicted octanol–water partition coefficient (Wildman–Crippen LogP) is 7.12. The molecule has 0 saturated heterocycles. The molecule has 1 aliphatic rings. The van der Waals surface area contributed by atoms with Crippen LogP contribution in [0.5, 0.6) is 5.75 Å². The van der Waals surface area contributed by atoms with E-state index >= 15 is 0 Å². The largest absolute Gasteiger partial charge is 0.432 e. The van der Waals surface area contributed by atoms with Crippen LogP contribution in [0.15, 0.2) is 18.2 Å². The third-order valence-corrected chi connectivity index (χ3v) is 4.74. The highest BCUT2D eigenvalue weighted by Crippen LogP contribution is 2.35. The number of alkyl halides is 5. The average Bonchev–Trinajstić information content (AvgIpc) is 2.52. The molecule has 0 radical (unpaired) electrons. The van der Waals surface area contributed by atoms with Crippen molar-refractivity contribution in [1.82, 2.24) is 0 Å². The molecule has 2 rings (SSSR count). The Morgan fingerprint density at radius 1 is 1.00 bits per heavy atom. The van der Waals surface area contributed by atoms with Crippen molar-refractivity contribution < 1.29 is 35.5 Å². The second-order valence-corrected chi connectivity index (χ2v) is 7.08. The van der Waals surface area contributed by atoms with Crippen LogP contribution in [0.25, 0.3) is 6.08 Å². The van der Waals surface area contributed by atoms with Gasteiger partial charge in [-0.1, -0.05) is 32.6 Å². The van der Waals surface area contributed by atoms with Crippen molar-refractivity contribution >= 4 is 6.08 Å². The topological polar surface area (TPSA) is 9.23 Å². The van der Waals surface area contributed by atoms with E-state index in [1.54, 1.807) is 0 Å². The van der Waals surface area contributed by atoms with E-state index in [-0.39, 0.29) is 24.5 Å². The minimum atomic E-state index is -4.75. The van der Waals surface area contributed by atoms with Gasteiger partial charge in [-0.25, -0.2) is 8.78 Å². The Morgan fingerprint density at radius 2 is 1.56 bits per heavy atom. The van der Waals surface area contributed by atoms with Crippen molar-refractivity contribution in [3.05, 3.63) is 35.4 Å². The molecule has 0 aliphatic heterocycles. The van der Waals surface area contributed by atoms with Gasteiger partial charge in [0.05, 0.1) is 6.42 Å². The van der Waals surface area contributed by atoms with Gasteiger partial charge in [0.1, 0.15) is 17.4 Å². The summed E-state index contributed by atoms with van der Waals surface area (Å²) < 4.78 is 96.3. The van der Waals surface area contributed by atoms with E-state index in [1.807, 2.05) is 0 Å². The number of ether oxygens (including phenoxy) is 1. The van der Waals surface area contributed by atoms with Gasteiger partial charge in [-0.15, -0.1) is 0 Å². The molecule has 0 N–H and O–H groups in total. The maximum Gasteiger partial charge on any atom is 0.409 e. The third-order valence-electron chi connectivity index (χ3n) is 4.74. The Bertz CT molecular complexity index is 636. The molecule has 1 saturated carbocycles. The van der Waals surface area contributed by atoms with Crippen LogP contribution in [-0.2, 0) is 0 Å². The standard InChI is InChI=1S/C19H21F7O/c1-12-2-4-13(5-3-12)6-9-19(25,26)27-14-10-16(20)15(17(21)11-14)7-8-18(22,23)24/h7-8,10-13H,2-6,9H2,1H3/b8-7+. The summed E-state index contributed by atoms with van der Waals surface area (Å²) in [5.41, 5.74) is -0.973. The van der Waals surface area contributed by atoms with Crippen molar-refractivity contribution in [3.63, 3.8) is 0 Å². The molecule has 0 bridgehead atoms. The van der Waals surface area contributed by atoms with E-state index in [0.717, 1.165) is 25.7 Å². The quantitative estimate of drug-likeness (QED) is 0.464. The zero-order valence-electron chi connectivity index (χ0n) is 14.8. The molecule has 1 aliphatic carbocycles. The Morgan fingerprint density at radius 3 is 2.07 bits per heavy atom. The van der Waals surface area contributed by atoms with Crippen LogP contribution in [0, 0.1) is 23.5 Å². The minimum Gasteiger partial charge on any atom is -0.432 e. The molecule has 0 amide bonds. The van der Waals surface area contributed by atoms with Gasteiger partial charge in [-0.05, 0) is 24.3 Å². The molecule has 8 heteroatoms. The van der Waals surface area contributed by atoms with Crippen LogP contribution < -0.4 is 4.74 Å². The van der Waals surface area contributed by atoms with Gasteiger partial charge in [0.25, 0.3) is 0 Å². The molecule has 1 fully saturated rings. The summed E-state index contributed by atoms with van der Waals surface area (Å²) >= 11 is 0. The molecule has 0 unspecified atom stereocenters. The Hall–Kier alpha value is -1.73. The lowest BCUT2D eigenvalue weighted by atomic mass is 9.81. The summed E-state index contributed by atoms with van der Waals surface area (Å²) in [6.45, 7) is 2.12. The Kier molecular flexibility index (Phi) is 6.81. The molecule has 0 atom stereocenters. The van der Waals surface area contributed by atoms with Crippen molar-refractivity contribution in [2.75, 3.05) is 0 Å². The van der Waals surface area contributed by atoms with Crippen LogP contribution in [0.2, 0.25) is 0 Å². The highest BCUT2D eigenvalue weighted by Gasteiger charge is 2.33. The molecule has 1 aromatic rings. The van der Waals surface area contributed by atoms with E-state index in [2.05, 4.69) is 11.7 Å². The first-order valence-corrected chi connectivity index (χ1v) is 8.77. The lowest BCUT2D eigenvalue weighted by Crippen LogP contribution is -2.26. The van der Waals surface area contributed by atoms with Crippen molar-refractivity contribution in [1.29, 1.82) is 0 Å². The normalized spacial score (nSPS) is 21.6. The van der Waals surface area contributed by atoms with Crippen LogP contribution in [-0.4, -0.2) is 12.3 Å². The number of benzene rings is 1. The second kappa shape index (κ2) is 8.52. The summed E-state index contributed by atoms with van der Waals surface area (Å²) in [4.78, 5) is 0. The van der Waals surface area contributed by atoms with E-state index in [0.29, 0.717) is 18.1 Å². The van der Waals surface area contributed by atoms with E-state index in [4.69, 9.17) is 0 Å². The van der Waals surface area contributed by atoms with Gasteiger partial charge in [0.15, 0.2) is 0 Å². The van der Waals surface area contributed by atoms with E-state index in [1.165, 1.54) is 0 Å². The van der Waals surface area contributed by atoms with Gasteiger partial charge in [0, 0.05) is 23.8 Å². The van der Waals surface area contributed by atoms with Crippen molar-refractivity contribution in [2.24, 2.45) is 11.8 Å². The summed E-state index contributed by atoms with van der Waals surface area (Å²) in [5.74, 6) is -2.84. The molecule has 0 spiro atoms. The number of allylic oxidation sites excluding steroid dienone is 1.